The summed E-state index contributed by atoms with van der Waals surface area (Å²) in [7, 11) is 3.93. The number of hydrogen-bond donors (Lipinski definition) is 0. The molecule has 1 saturated carbocycles. The average Bonchev–Trinajstić information content (AvgIpc) is 3.81. The van der Waals surface area contributed by atoms with Gasteiger partial charge in [0.25, 0.3) is 0 Å². The maximum Gasteiger partial charge on any atom is 0.142 e. The van der Waals surface area contributed by atoms with E-state index in [0.29, 0.717) is 5.92 Å². The van der Waals surface area contributed by atoms with Gasteiger partial charge in [0.05, 0.1) is 31.5 Å². The molecule has 0 atom stereocenters. The highest BCUT2D eigenvalue weighted by Crippen LogP contribution is 2.40. The first-order chi connectivity index (χ1) is 18.2. The van der Waals surface area contributed by atoms with Crippen molar-refractivity contribution in [2.24, 2.45) is 0 Å². The van der Waals surface area contributed by atoms with E-state index < -0.39 is 0 Å². The Morgan fingerprint density at radius 2 is 1.70 bits per heavy atom. The lowest BCUT2D eigenvalue weighted by Crippen LogP contribution is -2.47. The third-order valence-electron chi connectivity index (χ3n) is 7.92. The summed E-state index contributed by atoms with van der Waals surface area (Å²) in [6.07, 6.45) is 2.41. The van der Waals surface area contributed by atoms with E-state index in [1.54, 1.807) is 7.11 Å². The second kappa shape index (κ2) is 10.7. The van der Waals surface area contributed by atoms with E-state index in [1.165, 1.54) is 24.2 Å². The normalized spacial score (nSPS) is 18.9. The number of rotatable bonds is 8. The van der Waals surface area contributed by atoms with Crippen LogP contribution in [0.3, 0.4) is 0 Å². The van der Waals surface area contributed by atoms with E-state index in [-0.39, 0.29) is 0 Å². The highest BCUT2D eigenvalue weighted by atomic mass is 16.5. The number of para-hydroxylation sites is 2. The minimum absolute atomic E-state index is 0.522. The molecule has 1 aromatic heterocycles. The smallest absolute Gasteiger partial charge is 0.142 e. The van der Waals surface area contributed by atoms with Crippen LogP contribution >= 0.6 is 0 Å². The van der Waals surface area contributed by atoms with Crippen molar-refractivity contribution >= 4 is 28.1 Å². The van der Waals surface area contributed by atoms with Crippen LogP contribution in [0.4, 0.5) is 17.2 Å². The van der Waals surface area contributed by atoms with Gasteiger partial charge in [0, 0.05) is 76.4 Å². The van der Waals surface area contributed by atoms with Gasteiger partial charge in [-0.1, -0.05) is 12.1 Å². The van der Waals surface area contributed by atoms with Crippen molar-refractivity contribution in [1.29, 1.82) is 0 Å². The molecule has 8 heteroatoms. The van der Waals surface area contributed by atoms with Crippen molar-refractivity contribution in [2.75, 3.05) is 94.4 Å². The summed E-state index contributed by atoms with van der Waals surface area (Å²) in [5.41, 5.74) is 3.45. The molecule has 1 aliphatic carbocycles. The summed E-state index contributed by atoms with van der Waals surface area (Å²) >= 11 is 0. The van der Waals surface area contributed by atoms with Crippen LogP contribution in [0.15, 0.2) is 42.5 Å². The van der Waals surface area contributed by atoms with E-state index in [4.69, 9.17) is 19.4 Å². The first kappa shape index (κ1) is 24.2. The number of nitrogens with zero attached hydrogens (tertiary/aromatic N) is 6. The van der Waals surface area contributed by atoms with Crippen molar-refractivity contribution in [3.8, 4) is 5.75 Å². The zero-order valence-electron chi connectivity index (χ0n) is 22.1. The molecule has 196 valence electrons. The predicted octanol–water partition coefficient (Wildman–Crippen LogP) is 3.61. The van der Waals surface area contributed by atoms with Crippen LogP contribution in [0, 0.1) is 0 Å². The molecule has 37 heavy (non-hydrogen) atoms. The zero-order valence-corrected chi connectivity index (χ0v) is 22.1. The molecule has 3 heterocycles. The summed E-state index contributed by atoms with van der Waals surface area (Å²) in [6, 6.07) is 15.0. The van der Waals surface area contributed by atoms with Crippen LogP contribution in [-0.4, -0.2) is 94.6 Å². The van der Waals surface area contributed by atoms with Crippen molar-refractivity contribution < 1.29 is 9.47 Å². The van der Waals surface area contributed by atoms with Crippen LogP contribution in [0.1, 0.15) is 24.6 Å². The Labute approximate surface area is 219 Å². The van der Waals surface area contributed by atoms with Crippen molar-refractivity contribution in [3.05, 3.63) is 48.3 Å². The first-order valence-corrected chi connectivity index (χ1v) is 13.7. The molecule has 0 N–H and O–H groups in total. The standard InChI is InChI=1S/C29H38N6O2/c1-32(11-12-33-17-19-37-20-18-33)23-9-10-25-24(21-23)29(31-28(30-25)22-7-8-22)35-15-13-34(14-16-35)26-5-3-4-6-27(26)36-2/h3-6,9-10,21-22H,7-8,11-20H2,1-2H3. The molecule has 2 aliphatic heterocycles. The molecule has 3 aliphatic rings. The molecule has 6 rings (SSSR count). The summed E-state index contributed by atoms with van der Waals surface area (Å²) in [4.78, 5) is 19.9. The van der Waals surface area contributed by atoms with Gasteiger partial charge in [-0.2, -0.15) is 0 Å². The molecular formula is C29H38N6O2. The van der Waals surface area contributed by atoms with Gasteiger partial charge in [0.15, 0.2) is 0 Å². The molecule has 3 aromatic rings. The van der Waals surface area contributed by atoms with Gasteiger partial charge in [-0.15, -0.1) is 0 Å². The third-order valence-corrected chi connectivity index (χ3v) is 7.92. The lowest BCUT2D eigenvalue weighted by Gasteiger charge is -2.37. The Morgan fingerprint density at radius 3 is 2.46 bits per heavy atom. The van der Waals surface area contributed by atoms with Crippen LogP contribution in [-0.2, 0) is 4.74 Å². The van der Waals surface area contributed by atoms with E-state index in [0.717, 1.165) is 93.9 Å². The summed E-state index contributed by atoms with van der Waals surface area (Å²) in [5.74, 6) is 3.57. The van der Waals surface area contributed by atoms with E-state index in [2.05, 4.69) is 57.0 Å². The van der Waals surface area contributed by atoms with Gasteiger partial charge in [-0.25, -0.2) is 9.97 Å². The molecular weight excluding hydrogens is 464 g/mol. The Bertz CT molecular complexity index is 1220. The number of likely N-dealkylation sites (N-methyl/N-ethyl adjacent to an activating group) is 1. The van der Waals surface area contributed by atoms with Crippen LogP contribution in [0.25, 0.3) is 10.9 Å². The van der Waals surface area contributed by atoms with Gasteiger partial charge in [-0.05, 0) is 43.2 Å². The molecule has 0 radical (unpaired) electrons. The lowest BCUT2D eigenvalue weighted by molar-refractivity contribution is 0.0393. The Hall–Kier alpha value is -3.10. The lowest BCUT2D eigenvalue weighted by atomic mass is 10.1. The van der Waals surface area contributed by atoms with E-state index >= 15 is 0 Å². The van der Waals surface area contributed by atoms with Gasteiger partial charge >= 0.3 is 0 Å². The molecule has 0 amide bonds. The SMILES string of the molecule is COc1ccccc1N1CCN(c2nc(C3CC3)nc3ccc(N(C)CCN4CCOCC4)cc23)CC1. The minimum Gasteiger partial charge on any atom is -0.495 e. The molecule has 0 unspecified atom stereocenters. The fraction of sp³-hybridized carbons (Fsp3) is 0.517. The highest BCUT2D eigenvalue weighted by Gasteiger charge is 2.29. The quantitative estimate of drug-likeness (QED) is 0.463. The van der Waals surface area contributed by atoms with Crippen LogP contribution in [0.5, 0.6) is 5.75 Å². The molecule has 8 nitrogen and oxygen atoms in total. The average molecular weight is 503 g/mol. The van der Waals surface area contributed by atoms with Crippen molar-refractivity contribution in [2.45, 2.75) is 18.8 Å². The number of morpholine rings is 1. The molecule has 0 spiro atoms. The molecule has 0 bridgehead atoms. The van der Waals surface area contributed by atoms with Gasteiger partial charge in [0.1, 0.15) is 17.4 Å². The summed E-state index contributed by atoms with van der Waals surface area (Å²) in [6.45, 7) is 9.47. The molecule has 2 saturated heterocycles. The fourth-order valence-electron chi connectivity index (χ4n) is 5.42. The maximum atomic E-state index is 5.62. The maximum absolute atomic E-state index is 5.62. The second-order valence-corrected chi connectivity index (χ2v) is 10.4. The fourth-order valence-corrected chi connectivity index (χ4v) is 5.42. The van der Waals surface area contributed by atoms with Gasteiger partial charge in [0.2, 0.25) is 0 Å². The second-order valence-electron chi connectivity index (χ2n) is 10.4. The topological polar surface area (TPSA) is 57.2 Å². The number of ether oxygens (including phenoxy) is 2. The number of aromatic nitrogens is 2. The summed E-state index contributed by atoms with van der Waals surface area (Å²) < 4.78 is 11.1. The largest absolute Gasteiger partial charge is 0.495 e. The highest BCUT2D eigenvalue weighted by molar-refractivity contribution is 5.92. The Morgan fingerprint density at radius 1 is 0.946 bits per heavy atom. The van der Waals surface area contributed by atoms with Gasteiger partial charge < -0.3 is 24.2 Å². The number of hydrogen-bond acceptors (Lipinski definition) is 8. The van der Waals surface area contributed by atoms with Gasteiger partial charge in [-0.3, -0.25) is 4.90 Å². The van der Waals surface area contributed by atoms with Crippen molar-refractivity contribution in [1.82, 2.24) is 14.9 Å². The van der Waals surface area contributed by atoms with Crippen molar-refractivity contribution in [3.63, 3.8) is 0 Å². The Balaban J connectivity index is 1.23. The monoisotopic (exact) mass is 502 g/mol. The minimum atomic E-state index is 0.522. The predicted molar refractivity (Wildman–Crippen MR) is 149 cm³/mol. The van der Waals surface area contributed by atoms with E-state index in [1.807, 2.05) is 12.1 Å². The number of fused-ring (bicyclic) bond motifs is 1. The molecule has 2 aromatic carbocycles. The van der Waals surface area contributed by atoms with E-state index in [9.17, 15) is 0 Å². The summed E-state index contributed by atoms with van der Waals surface area (Å²) in [5, 5.41) is 1.16. The first-order valence-electron chi connectivity index (χ1n) is 13.7. The zero-order chi connectivity index (χ0) is 25.2. The number of benzene rings is 2. The molecule has 3 fully saturated rings. The number of piperazine rings is 1. The third kappa shape index (κ3) is 5.31. The van der Waals surface area contributed by atoms with Crippen LogP contribution < -0.4 is 19.4 Å². The van der Waals surface area contributed by atoms with Crippen LogP contribution in [0.2, 0.25) is 0 Å². The number of anilines is 3. The Kier molecular flexibility index (Phi) is 7.02. The number of methoxy groups -OCH3 is 1.